The Kier molecular flexibility index (Phi) is 6.26. The molecule has 158 valence electrons. The molecule has 1 aliphatic carbocycles. The van der Waals surface area contributed by atoms with E-state index < -0.39 is 23.8 Å². The zero-order chi connectivity index (χ0) is 21.6. The van der Waals surface area contributed by atoms with E-state index in [0.29, 0.717) is 11.3 Å². The fourth-order valence-electron chi connectivity index (χ4n) is 3.10. The van der Waals surface area contributed by atoms with Crippen molar-refractivity contribution >= 4 is 11.9 Å². The standard InChI is InChI=1S/C25H22FNO4/c26-20-10-6-19(7-11-20)24(25(29)27-21-12-13-21)31-23(28)16-30-22-14-8-18(9-15-22)17-4-2-1-3-5-17/h1-11,14-15,21,24H,12-13,16H2,(H,27,29). The normalized spacial score (nSPS) is 13.8. The topological polar surface area (TPSA) is 64.6 Å². The molecule has 1 saturated carbocycles. The molecule has 0 saturated heterocycles. The van der Waals surface area contributed by atoms with E-state index in [-0.39, 0.29) is 12.6 Å². The largest absolute Gasteiger partial charge is 0.482 e. The van der Waals surface area contributed by atoms with Gasteiger partial charge in [-0.05, 0) is 48.2 Å². The van der Waals surface area contributed by atoms with Crippen LogP contribution in [0.5, 0.6) is 5.75 Å². The second kappa shape index (κ2) is 9.43. The highest BCUT2D eigenvalue weighted by molar-refractivity contribution is 5.85. The molecule has 31 heavy (non-hydrogen) atoms. The molecule has 1 fully saturated rings. The van der Waals surface area contributed by atoms with Gasteiger partial charge >= 0.3 is 5.97 Å². The minimum Gasteiger partial charge on any atom is -0.482 e. The molecule has 0 spiro atoms. The van der Waals surface area contributed by atoms with Gasteiger partial charge in [0.05, 0.1) is 0 Å². The molecule has 1 atom stereocenters. The maximum absolute atomic E-state index is 13.3. The highest BCUT2D eigenvalue weighted by Gasteiger charge is 2.31. The number of nitrogens with one attached hydrogen (secondary N) is 1. The third-order valence-electron chi connectivity index (χ3n) is 4.90. The van der Waals surface area contributed by atoms with E-state index in [9.17, 15) is 14.0 Å². The van der Waals surface area contributed by atoms with Gasteiger partial charge < -0.3 is 14.8 Å². The molecule has 5 nitrogen and oxygen atoms in total. The second-order valence-corrected chi connectivity index (χ2v) is 7.38. The van der Waals surface area contributed by atoms with Crippen LogP contribution in [0.3, 0.4) is 0 Å². The van der Waals surface area contributed by atoms with Gasteiger partial charge in [0.1, 0.15) is 11.6 Å². The number of rotatable bonds is 8. The predicted octanol–water partition coefficient (Wildman–Crippen LogP) is 4.43. The van der Waals surface area contributed by atoms with Crippen LogP contribution in [-0.4, -0.2) is 24.5 Å². The van der Waals surface area contributed by atoms with E-state index in [2.05, 4.69) is 5.32 Å². The lowest BCUT2D eigenvalue weighted by Crippen LogP contribution is -2.34. The summed E-state index contributed by atoms with van der Waals surface area (Å²) < 4.78 is 24.2. The maximum Gasteiger partial charge on any atom is 0.345 e. The van der Waals surface area contributed by atoms with Gasteiger partial charge in [0.25, 0.3) is 5.91 Å². The van der Waals surface area contributed by atoms with Crippen LogP contribution in [0.4, 0.5) is 4.39 Å². The number of carbonyl (C=O) groups is 2. The van der Waals surface area contributed by atoms with E-state index in [0.717, 1.165) is 24.0 Å². The summed E-state index contributed by atoms with van der Waals surface area (Å²) in [6.45, 7) is -0.348. The monoisotopic (exact) mass is 419 g/mol. The summed E-state index contributed by atoms with van der Waals surface area (Å²) >= 11 is 0. The third kappa shape index (κ3) is 5.69. The van der Waals surface area contributed by atoms with E-state index in [1.165, 1.54) is 24.3 Å². The summed E-state index contributed by atoms with van der Waals surface area (Å²) in [6.07, 6.45) is 0.647. The van der Waals surface area contributed by atoms with Crippen molar-refractivity contribution in [2.45, 2.75) is 25.0 Å². The van der Waals surface area contributed by atoms with Gasteiger partial charge in [-0.3, -0.25) is 4.79 Å². The molecule has 3 aromatic rings. The Morgan fingerprint density at radius 2 is 1.55 bits per heavy atom. The van der Waals surface area contributed by atoms with Gasteiger partial charge in [-0.1, -0.05) is 54.6 Å². The molecule has 1 unspecified atom stereocenters. The van der Waals surface area contributed by atoms with Gasteiger partial charge in [-0.25, -0.2) is 9.18 Å². The van der Waals surface area contributed by atoms with Crippen LogP contribution in [0.15, 0.2) is 78.9 Å². The number of esters is 1. The Balaban J connectivity index is 1.37. The number of hydrogen-bond acceptors (Lipinski definition) is 4. The molecule has 1 aliphatic rings. The summed E-state index contributed by atoms with van der Waals surface area (Å²) in [5.41, 5.74) is 2.51. The van der Waals surface area contributed by atoms with Gasteiger partial charge in [0.2, 0.25) is 6.10 Å². The van der Waals surface area contributed by atoms with Crippen molar-refractivity contribution in [2.75, 3.05) is 6.61 Å². The minimum absolute atomic E-state index is 0.105. The van der Waals surface area contributed by atoms with Crippen LogP contribution in [0.1, 0.15) is 24.5 Å². The summed E-state index contributed by atoms with van der Waals surface area (Å²) in [6, 6.07) is 22.7. The first-order chi connectivity index (χ1) is 15.1. The fraction of sp³-hybridized carbons (Fsp3) is 0.200. The van der Waals surface area contributed by atoms with Gasteiger partial charge in [-0.2, -0.15) is 0 Å². The predicted molar refractivity (Wildman–Crippen MR) is 114 cm³/mol. The lowest BCUT2D eigenvalue weighted by molar-refractivity contribution is -0.158. The van der Waals surface area contributed by atoms with Crippen molar-refractivity contribution in [3.05, 3.63) is 90.2 Å². The SMILES string of the molecule is O=C(COc1ccc(-c2ccccc2)cc1)OC(C(=O)NC1CC1)c1ccc(F)cc1. The number of amides is 1. The van der Waals surface area contributed by atoms with E-state index in [1.807, 2.05) is 42.5 Å². The van der Waals surface area contributed by atoms with Crippen LogP contribution >= 0.6 is 0 Å². The van der Waals surface area contributed by atoms with Crippen molar-refractivity contribution in [3.63, 3.8) is 0 Å². The molecular weight excluding hydrogens is 397 g/mol. The Morgan fingerprint density at radius 1 is 0.903 bits per heavy atom. The minimum atomic E-state index is -1.15. The molecule has 0 bridgehead atoms. The average molecular weight is 419 g/mol. The average Bonchev–Trinajstić information content (AvgIpc) is 3.62. The van der Waals surface area contributed by atoms with Crippen molar-refractivity contribution in [2.24, 2.45) is 0 Å². The summed E-state index contributed by atoms with van der Waals surface area (Å²) in [4.78, 5) is 24.9. The number of benzene rings is 3. The molecule has 0 radical (unpaired) electrons. The van der Waals surface area contributed by atoms with Crippen LogP contribution in [-0.2, 0) is 14.3 Å². The summed E-state index contributed by atoms with van der Waals surface area (Å²) in [5.74, 6) is -1.03. The molecule has 6 heteroatoms. The molecule has 0 heterocycles. The molecule has 0 aromatic heterocycles. The first kappa shape index (κ1) is 20.6. The van der Waals surface area contributed by atoms with Crippen molar-refractivity contribution in [1.29, 1.82) is 0 Å². The Morgan fingerprint density at radius 3 is 2.19 bits per heavy atom. The van der Waals surface area contributed by atoms with Crippen molar-refractivity contribution < 1.29 is 23.5 Å². The molecular formula is C25H22FNO4. The zero-order valence-electron chi connectivity index (χ0n) is 16.8. The maximum atomic E-state index is 13.3. The van der Waals surface area contributed by atoms with Crippen LogP contribution < -0.4 is 10.1 Å². The Hall–Kier alpha value is -3.67. The fourth-order valence-corrected chi connectivity index (χ4v) is 3.10. The van der Waals surface area contributed by atoms with Gasteiger partial charge in [-0.15, -0.1) is 0 Å². The van der Waals surface area contributed by atoms with Gasteiger partial charge in [0, 0.05) is 11.6 Å². The Bertz CT molecular complexity index is 1030. The van der Waals surface area contributed by atoms with Crippen molar-refractivity contribution in [1.82, 2.24) is 5.32 Å². The number of carbonyl (C=O) groups excluding carboxylic acids is 2. The van der Waals surface area contributed by atoms with E-state index >= 15 is 0 Å². The van der Waals surface area contributed by atoms with E-state index in [1.54, 1.807) is 12.1 Å². The van der Waals surface area contributed by atoms with Crippen LogP contribution in [0.2, 0.25) is 0 Å². The number of ether oxygens (including phenoxy) is 2. The molecule has 0 aliphatic heterocycles. The highest BCUT2D eigenvalue weighted by Crippen LogP contribution is 2.24. The van der Waals surface area contributed by atoms with Crippen LogP contribution in [0, 0.1) is 5.82 Å². The molecule has 3 aromatic carbocycles. The molecule has 1 N–H and O–H groups in total. The number of halogens is 1. The zero-order valence-corrected chi connectivity index (χ0v) is 16.8. The van der Waals surface area contributed by atoms with Gasteiger partial charge in [0.15, 0.2) is 6.61 Å². The highest BCUT2D eigenvalue weighted by atomic mass is 19.1. The third-order valence-corrected chi connectivity index (χ3v) is 4.90. The molecule has 1 amide bonds. The second-order valence-electron chi connectivity index (χ2n) is 7.38. The summed E-state index contributed by atoms with van der Waals surface area (Å²) in [5, 5.41) is 2.82. The smallest absolute Gasteiger partial charge is 0.345 e. The summed E-state index contributed by atoms with van der Waals surface area (Å²) in [7, 11) is 0. The molecule has 4 rings (SSSR count). The van der Waals surface area contributed by atoms with E-state index in [4.69, 9.17) is 9.47 Å². The van der Waals surface area contributed by atoms with Crippen molar-refractivity contribution in [3.8, 4) is 16.9 Å². The number of hydrogen-bond donors (Lipinski definition) is 1. The van der Waals surface area contributed by atoms with Crippen LogP contribution in [0.25, 0.3) is 11.1 Å². The lowest BCUT2D eigenvalue weighted by Gasteiger charge is -2.18. The quantitative estimate of drug-likeness (QED) is 0.549. The lowest BCUT2D eigenvalue weighted by atomic mass is 10.1. The first-order valence-electron chi connectivity index (χ1n) is 10.1. The first-order valence-corrected chi connectivity index (χ1v) is 10.1. The Labute approximate surface area is 179 Å².